The third kappa shape index (κ3) is 3.25. The minimum Gasteiger partial charge on any atom is -0.496 e. The number of benzene rings is 1. The Morgan fingerprint density at radius 1 is 1.32 bits per heavy atom. The monoisotopic (exact) mass is 264 g/mol. The Kier molecular flexibility index (Phi) is 3.71. The van der Waals surface area contributed by atoms with Gasteiger partial charge in [0.15, 0.2) is 0 Å². The maximum Gasteiger partial charge on any atom is 0.123 e. The van der Waals surface area contributed by atoms with Crippen LogP contribution in [0.5, 0.6) is 5.75 Å². The predicted octanol–water partition coefficient (Wildman–Crippen LogP) is 2.16. The average Bonchev–Trinajstić information content (AvgIpc) is 3.09. The number of hydrogen-bond donors (Lipinski definition) is 1. The van der Waals surface area contributed by atoms with Gasteiger partial charge in [0.2, 0.25) is 0 Å². The van der Waals surface area contributed by atoms with Crippen molar-refractivity contribution in [3.05, 3.63) is 29.6 Å². The van der Waals surface area contributed by atoms with E-state index in [0.717, 1.165) is 37.0 Å². The second-order valence-corrected chi connectivity index (χ2v) is 5.62. The van der Waals surface area contributed by atoms with Crippen LogP contribution in [-0.4, -0.2) is 37.2 Å². The molecule has 1 aliphatic heterocycles. The van der Waals surface area contributed by atoms with E-state index in [4.69, 9.17) is 4.74 Å². The summed E-state index contributed by atoms with van der Waals surface area (Å²) >= 11 is 0. The molecule has 0 spiro atoms. The minimum atomic E-state index is -0.192. The first-order valence-electron chi connectivity index (χ1n) is 7.05. The normalized spacial score (nSPS) is 23.8. The van der Waals surface area contributed by atoms with Gasteiger partial charge in [0.25, 0.3) is 0 Å². The van der Waals surface area contributed by atoms with Gasteiger partial charge in [-0.3, -0.25) is 4.90 Å². The maximum absolute atomic E-state index is 13.3. The fraction of sp³-hybridized carbons (Fsp3) is 0.600. The largest absolute Gasteiger partial charge is 0.496 e. The summed E-state index contributed by atoms with van der Waals surface area (Å²) in [7, 11) is 1.64. The number of ether oxygens (including phenoxy) is 1. The lowest BCUT2D eigenvalue weighted by Gasteiger charge is -2.18. The van der Waals surface area contributed by atoms with Gasteiger partial charge in [-0.25, -0.2) is 4.39 Å². The van der Waals surface area contributed by atoms with Gasteiger partial charge < -0.3 is 10.1 Å². The molecule has 0 amide bonds. The van der Waals surface area contributed by atoms with Crippen LogP contribution < -0.4 is 10.1 Å². The molecule has 2 aliphatic rings. The molecule has 0 radical (unpaired) electrons. The Morgan fingerprint density at radius 3 is 2.89 bits per heavy atom. The number of likely N-dealkylation sites (tertiary alicyclic amines) is 1. The first-order chi connectivity index (χ1) is 9.24. The zero-order chi connectivity index (χ0) is 13.2. The molecule has 3 rings (SSSR count). The third-order valence-electron chi connectivity index (χ3n) is 3.96. The summed E-state index contributed by atoms with van der Waals surface area (Å²) in [6.45, 7) is 2.89. The molecule has 1 aromatic rings. The zero-order valence-corrected chi connectivity index (χ0v) is 11.4. The van der Waals surface area contributed by atoms with E-state index in [9.17, 15) is 4.39 Å². The summed E-state index contributed by atoms with van der Waals surface area (Å²) < 4.78 is 18.6. The van der Waals surface area contributed by atoms with Crippen LogP contribution >= 0.6 is 0 Å². The third-order valence-corrected chi connectivity index (χ3v) is 3.96. The molecule has 1 aliphatic carbocycles. The van der Waals surface area contributed by atoms with Crippen LogP contribution in [-0.2, 0) is 6.54 Å². The fourth-order valence-corrected chi connectivity index (χ4v) is 2.81. The van der Waals surface area contributed by atoms with E-state index in [2.05, 4.69) is 10.2 Å². The Morgan fingerprint density at radius 2 is 2.16 bits per heavy atom. The van der Waals surface area contributed by atoms with Gasteiger partial charge >= 0.3 is 0 Å². The smallest absolute Gasteiger partial charge is 0.123 e. The summed E-state index contributed by atoms with van der Waals surface area (Å²) in [5.74, 6) is 0.586. The summed E-state index contributed by atoms with van der Waals surface area (Å²) in [5.41, 5.74) is 0.939. The van der Waals surface area contributed by atoms with Crippen molar-refractivity contribution in [2.75, 3.05) is 20.2 Å². The molecule has 0 bridgehead atoms. The molecule has 1 saturated carbocycles. The first kappa shape index (κ1) is 12.9. The molecular formula is C15H21FN2O. The van der Waals surface area contributed by atoms with E-state index in [0.29, 0.717) is 6.04 Å². The lowest BCUT2D eigenvalue weighted by atomic mass is 10.2. The molecule has 3 nitrogen and oxygen atoms in total. The molecule has 1 saturated heterocycles. The van der Waals surface area contributed by atoms with Crippen molar-refractivity contribution < 1.29 is 9.13 Å². The standard InChI is InChI=1S/C15H21FN2O/c1-19-15-5-2-12(16)8-11(15)9-18-7-6-14(10-18)17-13-3-4-13/h2,5,8,13-14,17H,3-4,6-7,9-10H2,1H3. The van der Waals surface area contributed by atoms with Gasteiger partial charge in [-0.1, -0.05) is 0 Å². The molecule has 4 heteroatoms. The van der Waals surface area contributed by atoms with Crippen LogP contribution in [0.2, 0.25) is 0 Å². The minimum absolute atomic E-state index is 0.192. The van der Waals surface area contributed by atoms with Crippen molar-refractivity contribution >= 4 is 0 Å². The highest BCUT2D eigenvalue weighted by atomic mass is 19.1. The fourth-order valence-electron chi connectivity index (χ4n) is 2.81. The molecule has 1 atom stereocenters. The Hall–Kier alpha value is -1.13. The number of hydrogen-bond acceptors (Lipinski definition) is 3. The summed E-state index contributed by atoms with van der Waals surface area (Å²) in [6.07, 6.45) is 3.84. The number of nitrogens with one attached hydrogen (secondary N) is 1. The average molecular weight is 264 g/mol. The van der Waals surface area contributed by atoms with E-state index in [1.165, 1.54) is 25.3 Å². The second-order valence-electron chi connectivity index (χ2n) is 5.62. The lowest BCUT2D eigenvalue weighted by molar-refractivity contribution is 0.310. The molecule has 2 fully saturated rings. The van der Waals surface area contributed by atoms with E-state index in [-0.39, 0.29) is 5.82 Å². The van der Waals surface area contributed by atoms with Crippen molar-refractivity contribution in [2.24, 2.45) is 0 Å². The molecule has 1 unspecified atom stereocenters. The van der Waals surface area contributed by atoms with Gasteiger partial charge in [-0.15, -0.1) is 0 Å². The first-order valence-corrected chi connectivity index (χ1v) is 7.05. The molecule has 104 valence electrons. The van der Waals surface area contributed by atoms with Gasteiger partial charge in [0.1, 0.15) is 11.6 Å². The highest BCUT2D eigenvalue weighted by Gasteiger charge is 2.29. The van der Waals surface area contributed by atoms with Gasteiger partial charge in [-0.05, 0) is 37.5 Å². The highest BCUT2D eigenvalue weighted by molar-refractivity contribution is 5.33. The van der Waals surface area contributed by atoms with Crippen molar-refractivity contribution in [1.82, 2.24) is 10.2 Å². The van der Waals surface area contributed by atoms with Gasteiger partial charge in [0, 0.05) is 37.3 Å². The molecule has 1 heterocycles. The zero-order valence-electron chi connectivity index (χ0n) is 11.4. The van der Waals surface area contributed by atoms with Gasteiger partial charge in [0.05, 0.1) is 7.11 Å². The Bertz CT molecular complexity index is 448. The number of rotatable bonds is 5. The van der Waals surface area contributed by atoms with Crippen molar-refractivity contribution in [3.63, 3.8) is 0 Å². The number of nitrogens with zero attached hydrogens (tertiary/aromatic N) is 1. The van der Waals surface area contributed by atoms with Crippen molar-refractivity contribution in [1.29, 1.82) is 0 Å². The van der Waals surface area contributed by atoms with Gasteiger partial charge in [-0.2, -0.15) is 0 Å². The van der Waals surface area contributed by atoms with E-state index in [1.54, 1.807) is 19.2 Å². The molecule has 1 aromatic carbocycles. The van der Waals surface area contributed by atoms with Crippen LogP contribution in [0.25, 0.3) is 0 Å². The van der Waals surface area contributed by atoms with E-state index >= 15 is 0 Å². The molecule has 19 heavy (non-hydrogen) atoms. The van der Waals surface area contributed by atoms with Crippen LogP contribution in [0.1, 0.15) is 24.8 Å². The van der Waals surface area contributed by atoms with Crippen molar-refractivity contribution in [2.45, 2.75) is 37.9 Å². The molecular weight excluding hydrogens is 243 g/mol. The summed E-state index contributed by atoms with van der Waals surface area (Å²) in [6, 6.07) is 6.10. The topological polar surface area (TPSA) is 24.5 Å². The maximum atomic E-state index is 13.3. The SMILES string of the molecule is COc1ccc(F)cc1CN1CCC(NC2CC2)C1. The highest BCUT2D eigenvalue weighted by Crippen LogP contribution is 2.25. The van der Waals surface area contributed by atoms with Crippen molar-refractivity contribution in [3.8, 4) is 5.75 Å². The predicted molar refractivity (Wildman–Crippen MR) is 72.8 cm³/mol. The van der Waals surface area contributed by atoms with Crippen LogP contribution in [0, 0.1) is 5.82 Å². The Labute approximate surface area is 113 Å². The quantitative estimate of drug-likeness (QED) is 0.882. The lowest BCUT2D eigenvalue weighted by Crippen LogP contribution is -2.33. The van der Waals surface area contributed by atoms with Crippen LogP contribution in [0.3, 0.4) is 0 Å². The summed E-state index contributed by atoms with van der Waals surface area (Å²) in [5, 5.41) is 3.66. The van der Waals surface area contributed by atoms with Crippen LogP contribution in [0.15, 0.2) is 18.2 Å². The van der Waals surface area contributed by atoms with Crippen LogP contribution in [0.4, 0.5) is 4.39 Å². The molecule has 0 aromatic heterocycles. The number of methoxy groups -OCH3 is 1. The summed E-state index contributed by atoms with van der Waals surface area (Å²) in [4.78, 5) is 2.37. The number of halogens is 1. The second kappa shape index (κ2) is 5.47. The van der Waals surface area contributed by atoms with E-state index in [1.807, 2.05) is 0 Å². The van der Waals surface area contributed by atoms with E-state index < -0.39 is 0 Å². The molecule has 1 N–H and O–H groups in total. The Balaban J connectivity index is 1.60.